The van der Waals surface area contributed by atoms with E-state index in [1.165, 1.54) is 0 Å². The highest BCUT2D eigenvalue weighted by Gasteiger charge is 2.29. The maximum absolute atomic E-state index is 12.3. The summed E-state index contributed by atoms with van der Waals surface area (Å²) in [4.78, 5) is 29.5. The molecule has 20 heavy (non-hydrogen) atoms. The summed E-state index contributed by atoms with van der Waals surface area (Å²) in [7, 11) is 0. The van der Waals surface area contributed by atoms with Gasteiger partial charge in [-0.05, 0) is 19.3 Å². The van der Waals surface area contributed by atoms with Crippen LogP contribution in [0.15, 0.2) is 5.38 Å². The van der Waals surface area contributed by atoms with Crippen LogP contribution in [0.1, 0.15) is 40.6 Å². The second kappa shape index (κ2) is 6.32. The molecule has 7 heteroatoms. The van der Waals surface area contributed by atoms with E-state index in [4.69, 9.17) is 4.74 Å². The number of carbonyl (C=O) groups is 2. The van der Waals surface area contributed by atoms with Crippen LogP contribution < -0.4 is 0 Å². The number of amides is 1. The molecule has 1 fully saturated rings. The van der Waals surface area contributed by atoms with Crippen LogP contribution in [-0.4, -0.2) is 52.7 Å². The average molecular weight is 298 g/mol. The van der Waals surface area contributed by atoms with Crippen LogP contribution in [0.5, 0.6) is 0 Å². The van der Waals surface area contributed by atoms with Crippen molar-refractivity contribution in [2.24, 2.45) is 5.92 Å². The van der Waals surface area contributed by atoms with Crippen molar-refractivity contribution >= 4 is 23.2 Å². The average Bonchev–Trinajstić information content (AvgIpc) is 2.91. The lowest BCUT2D eigenvalue weighted by Gasteiger charge is -2.33. The number of hydrogen-bond acceptors (Lipinski definition) is 6. The Hall–Kier alpha value is -1.47. The summed E-state index contributed by atoms with van der Waals surface area (Å²) < 4.78 is 4.85. The maximum atomic E-state index is 12.3. The van der Waals surface area contributed by atoms with Crippen LogP contribution in [0.2, 0.25) is 0 Å². The highest BCUT2D eigenvalue weighted by atomic mass is 32.1. The third-order valence-electron chi connectivity index (χ3n) is 3.32. The molecule has 1 amide bonds. The molecule has 1 aromatic heterocycles. The molecule has 0 radical (unpaired) electrons. The lowest BCUT2D eigenvalue weighted by Crippen LogP contribution is -2.45. The topological polar surface area (TPSA) is 79.7 Å². The second-order valence-electron chi connectivity index (χ2n) is 4.84. The van der Waals surface area contributed by atoms with Crippen LogP contribution >= 0.6 is 11.3 Å². The number of aromatic nitrogens is 1. The minimum absolute atomic E-state index is 0.0517. The number of aliphatic hydroxyl groups is 1. The first-order chi connectivity index (χ1) is 9.52. The van der Waals surface area contributed by atoms with E-state index in [1.807, 2.05) is 6.92 Å². The Morgan fingerprint density at radius 2 is 2.35 bits per heavy atom. The quantitative estimate of drug-likeness (QED) is 0.847. The molecular formula is C13H18N2O4S. The molecule has 110 valence electrons. The van der Waals surface area contributed by atoms with E-state index in [-0.39, 0.29) is 35.2 Å². The van der Waals surface area contributed by atoms with Gasteiger partial charge in [-0.1, -0.05) is 6.92 Å². The molecule has 2 rings (SSSR count). The Bertz CT molecular complexity index is 502. The molecule has 0 aliphatic carbocycles. The molecule has 1 aromatic rings. The number of rotatable bonds is 3. The molecule has 0 saturated carbocycles. The largest absolute Gasteiger partial charge is 0.461 e. The van der Waals surface area contributed by atoms with E-state index in [0.29, 0.717) is 19.5 Å². The molecule has 2 heterocycles. The van der Waals surface area contributed by atoms with E-state index in [2.05, 4.69) is 4.98 Å². The molecule has 1 aliphatic rings. The fourth-order valence-corrected chi connectivity index (χ4v) is 2.82. The van der Waals surface area contributed by atoms with Crippen molar-refractivity contribution in [2.45, 2.75) is 26.4 Å². The Morgan fingerprint density at radius 1 is 1.60 bits per heavy atom. The highest BCUT2D eigenvalue weighted by molar-refractivity contribution is 7.11. The van der Waals surface area contributed by atoms with E-state index in [1.54, 1.807) is 17.2 Å². The summed E-state index contributed by atoms with van der Waals surface area (Å²) in [6, 6.07) is 0. The molecule has 1 saturated heterocycles. The van der Waals surface area contributed by atoms with Gasteiger partial charge >= 0.3 is 5.97 Å². The van der Waals surface area contributed by atoms with E-state index in [9.17, 15) is 14.7 Å². The predicted molar refractivity (Wildman–Crippen MR) is 73.8 cm³/mol. The molecule has 0 aromatic carbocycles. The lowest BCUT2D eigenvalue weighted by atomic mass is 9.96. The standard InChI is InChI=1S/C13H18N2O4S/c1-3-19-13(18)11-14-9(7-20-11)12(17)15-5-4-10(16)8(2)6-15/h7-8,10,16H,3-6H2,1-2H3. The van der Waals surface area contributed by atoms with Crippen molar-refractivity contribution in [3.05, 3.63) is 16.1 Å². The number of thiazole rings is 1. The third-order valence-corrected chi connectivity index (χ3v) is 4.14. The van der Waals surface area contributed by atoms with Crippen molar-refractivity contribution in [2.75, 3.05) is 19.7 Å². The predicted octanol–water partition coefficient (Wildman–Crippen LogP) is 1.16. The van der Waals surface area contributed by atoms with Gasteiger partial charge in [-0.2, -0.15) is 0 Å². The Balaban J connectivity index is 2.04. The molecule has 0 spiro atoms. The summed E-state index contributed by atoms with van der Waals surface area (Å²) >= 11 is 1.11. The zero-order valence-electron chi connectivity index (χ0n) is 11.5. The first-order valence-corrected chi connectivity index (χ1v) is 7.50. The van der Waals surface area contributed by atoms with E-state index < -0.39 is 5.97 Å². The van der Waals surface area contributed by atoms with Crippen LogP contribution in [0.3, 0.4) is 0 Å². The van der Waals surface area contributed by atoms with Gasteiger partial charge in [0.05, 0.1) is 12.7 Å². The fourth-order valence-electron chi connectivity index (χ4n) is 2.14. The Kier molecular flexibility index (Phi) is 4.72. The third kappa shape index (κ3) is 3.16. The van der Waals surface area contributed by atoms with E-state index in [0.717, 1.165) is 11.3 Å². The van der Waals surface area contributed by atoms with Gasteiger partial charge in [0.1, 0.15) is 5.69 Å². The van der Waals surface area contributed by atoms with Gasteiger partial charge < -0.3 is 14.7 Å². The van der Waals surface area contributed by atoms with Gasteiger partial charge in [-0.25, -0.2) is 9.78 Å². The van der Waals surface area contributed by atoms with Crippen LogP contribution in [0.25, 0.3) is 0 Å². The van der Waals surface area contributed by atoms with Crippen molar-refractivity contribution in [1.82, 2.24) is 9.88 Å². The Morgan fingerprint density at radius 3 is 3.00 bits per heavy atom. The number of likely N-dealkylation sites (tertiary alicyclic amines) is 1. The SMILES string of the molecule is CCOC(=O)c1nc(C(=O)N2CCC(O)C(C)C2)cs1. The van der Waals surface area contributed by atoms with Crippen molar-refractivity contribution < 1.29 is 19.4 Å². The molecule has 0 bridgehead atoms. The normalized spacial score (nSPS) is 22.6. The monoisotopic (exact) mass is 298 g/mol. The number of piperidine rings is 1. The van der Waals surface area contributed by atoms with Gasteiger partial charge in [0, 0.05) is 18.5 Å². The summed E-state index contributed by atoms with van der Waals surface area (Å²) in [5.74, 6) is -0.648. The summed E-state index contributed by atoms with van der Waals surface area (Å²) in [5, 5.41) is 11.4. The minimum atomic E-state index is -0.501. The number of esters is 1. The summed E-state index contributed by atoms with van der Waals surface area (Å²) in [6.07, 6.45) is 0.214. The lowest BCUT2D eigenvalue weighted by molar-refractivity contribution is 0.0294. The van der Waals surface area contributed by atoms with E-state index >= 15 is 0 Å². The number of nitrogens with zero attached hydrogens (tertiary/aromatic N) is 2. The highest BCUT2D eigenvalue weighted by Crippen LogP contribution is 2.20. The number of aliphatic hydroxyl groups excluding tert-OH is 1. The van der Waals surface area contributed by atoms with Crippen LogP contribution in [0, 0.1) is 5.92 Å². The molecule has 1 N–H and O–H groups in total. The molecule has 6 nitrogen and oxygen atoms in total. The van der Waals surface area contributed by atoms with Gasteiger partial charge in [0.15, 0.2) is 0 Å². The zero-order chi connectivity index (χ0) is 14.7. The van der Waals surface area contributed by atoms with Gasteiger partial charge in [-0.3, -0.25) is 4.79 Å². The smallest absolute Gasteiger partial charge is 0.367 e. The summed E-state index contributed by atoms with van der Waals surface area (Å²) in [5.41, 5.74) is 0.265. The second-order valence-corrected chi connectivity index (χ2v) is 5.70. The van der Waals surface area contributed by atoms with Crippen molar-refractivity contribution in [3.63, 3.8) is 0 Å². The first kappa shape index (κ1) is 14.9. The molecule has 2 atom stereocenters. The molecule has 2 unspecified atom stereocenters. The van der Waals surface area contributed by atoms with Gasteiger partial charge in [-0.15, -0.1) is 11.3 Å². The van der Waals surface area contributed by atoms with Gasteiger partial charge in [0.25, 0.3) is 5.91 Å². The maximum Gasteiger partial charge on any atom is 0.367 e. The molecule has 1 aliphatic heterocycles. The van der Waals surface area contributed by atoms with Gasteiger partial charge in [0.2, 0.25) is 5.01 Å². The Labute approximate surface area is 121 Å². The number of hydrogen-bond donors (Lipinski definition) is 1. The van der Waals surface area contributed by atoms with Crippen LogP contribution in [-0.2, 0) is 4.74 Å². The molecular weight excluding hydrogens is 280 g/mol. The van der Waals surface area contributed by atoms with Crippen molar-refractivity contribution in [1.29, 1.82) is 0 Å². The van der Waals surface area contributed by atoms with Crippen molar-refractivity contribution in [3.8, 4) is 0 Å². The zero-order valence-corrected chi connectivity index (χ0v) is 12.4. The first-order valence-electron chi connectivity index (χ1n) is 6.63. The fraction of sp³-hybridized carbons (Fsp3) is 0.615. The minimum Gasteiger partial charge on any atom is -0.461 e. The summed E-state index contributed by atoms with van der Waals surface area (Å²) in [6.45, 7) is 4.93. The number of ether oxygens (including phenoxy) is 1. The van der Waals surface area contributed by atoms with Crippen LogP contribution in [0.4, 0.5) is 0 Å². The number of carbonyl (C=O) groups excluding carboxylic acids is 2.